The number of primary amides is 1. The molecule has 3 aromatic rings. The first-order valence-corrected chi connectivity index (χ1v) is 15.4. The summed E-state index contributed by atoms with van der Waals surface area (Å²) in [6, 6.07) is 14.1. The highest BCUT2D eigenvalue weighted by atomic mass is 127. The molecule has 1 saturated carbocycles. The fraction of sp³-hybridized carbons (Fsp3) is 0.433. The minimum atomic E-state index is -0.882. The quantitative estimate of drug-likeness (QED) is 0.251. The zero-order chi connectivity index (χ0) is 30.4. The van der Waals surface area contributed by atoms with E-state index in [0.29, 0.717) is 36.5 Å². The van der Waals surface area contributed by atoms with Crippen LogP contribution in [0.4, 0.5) is 10.5 Å². The van der Waals surface area contributed by atoms with Crippen LogP contribution in [-0.2, 0) is 20.7 Å². The molecule has 0 unspecified atom stereocenters. The molecule has 1 aromatic heterocycles. The van der Waals surface area contributed by atoms with Crippen molar-refractivity contribution >= 4 is 57.8 Å². The lowest BCUT2D eigenvalue weighted by Gasteiger charge is -2.36. The predicted octanol–water partition coefficient (Wildman–Crippen LogP) is 5.49. The number of aromatic nitrogens is 3. The molecule has 1 fully saturated rings. The molecule has 0 radical (unpaired) electrons. The lowest BCUT2D eigenvalue weighted by Crippen LogP contribution is -2.52. The number of nitrogens with two attached hydrogens (primary N) is 1. The van der Waals surface area contributed by atoms with E-state index in [1.165, 1.54) is 0 Å². The van der Waals surface area contributed by atoms with Gasteiger partial charge in [0.05, 0.1) is 0 Å². The number of hydrogen-bond acceptors (Lipinski definition) is 6. The Morgan fingerprint density at radius 3 is 2.29 bits per heavy atom. The number of nitrogens with zero attached hydrogens (tertiary/aromatic N) is 3. The zero-order valence-corrected chi connectivity index (χ0v) is 26.8. The average molecular weight is 707 g/mol. The van der Waals surface area contributed by atoms with Crippen LogP contribution in [0.1, 0.15) is 52.0 Å². The molecule has 12 heteroatoms. The van der Waals surface area contributed by atoms with Gasteiger partial charge in [0.15, 0.2) is 5.82 Å². The SMILES string of the molecule is CC(C)(C)OC(=O)NCC1CCC(C(=O)N(c2ccc(-c3n[nH]c(Cl)n3)cc2)[C@@H](Cc2ccc(I)cc2)C(N)=O)CC1. The Morgan fingerprint density at radius 1 is 1.10 bits per heavy atom. The van der Waals surface area contributed by atoms with Gasteiger partial charge in [-0.3, -0.25) is 14.5 Å². The van der Waals surface area contributed by atoms with Gasteiger partial charge < -0.3 is 15.8 Å². The number of carbonyl (C=O) groups excluding carboxylic acids is 3. The van der Waals surface area contributed by atoms with Crippen molar-refractivity contribution in [2.45, 2.75) is 64.5 Å². The highest BCUT2D eigenvalue weighted by molar-refractivity contribution is 14.1. The second-order valence-corrected chi connectivity index (χ2v) is 13.2. The predicted molar refractivity (Wildman–Crippen MR) is 170 cm³/mol. The standard InChI is InChI=1S/C30H36ClIN6O4/c1-30(2,3)42-29(41)34-17-19-4-8-21(9-5-19)27(40)38(24(25(33)39)16-18-6-12-22(32)13-7-18)23-14-10-20(11-15-23)26-35-28(31)37-36-26/h6-7,10-15,19,21,24H,4-5,8-9,16-17H2,1-3H3,(H2,33,39)(H,34,41)(H,35,36,37)/t19?,21?,24-/m0/s1. The first-order valence-electron chi connectivity index (χ1n) is 13.9. The molecule has 1 aliphatic carbocycles. The summed E-state index contributed by atoms with van der Waals surface area (Å²) in [5.74, 6) is -0.347. The molecule has 0 spiro atoms. The first-order chi connectivity index (χ1) is 19.9. The molecule has 1 aliphatic rings. The Hall–Kier alpha value is -3.19. The average Bonchev–Trinajstić information content (AvgIpc) is 3.38. The van der Waals surface area contributed by atoms with Crippen molar-refractivity contribution in [1.82, 2.24) is 20.5 Å². The lowest BCUT2D eigenvalue weighted by molar-refractivity contribution is -0.127. The molecule has 0 saturated heterocycles. The number of amides is 3. The van der Waals surface area contributed by atoms with Crippen LogP contribution in [0, 0.1) is 15.4 Å². The number of H-pyrrole nitrogens is 1. The van der Waals surface area contributed by atoms with Gasteiger partial charge in [0.25, 0.3) is 0 Å². The number of nitrogens with one attached hydrogen (secondary N) is 2. The topological polar surface area (TPSA) is 143 Å². The summed E-state index contributed by atoms with van der Waals surface area (Å²) >= 11 is 8.12. The van der Waals surface area contributed by atoms with Crippen molar-refractivity contribution in [1.29, 1.82) is 0 Å². The Morgan fingerprint density at radius 2 is 1.74 bits per heavy atom. The van der Waals surface area contributed by atoms with Gasteiger partial charge in [-0.1, -0.05) is 12.1 Å². The van der Waals surface area contributed by atoms with Gasteiger partial charge in [0, 0.05) is 33.7 Å². The maximum absolute atomic E-state index is 14.2. The largest absolute Gasteiger partial charge is 0.444 e. The number of carbonyl (C=O) groups is 3. The minimum absolute atomic E-state index is 0.142. The third-order valence-electron chi connectivity index (χ3n) is 7.21. The lowest BCUT2D eigenvalue weighted by atomic mass is 9.81. The molecule has 4 rings (SSSR count). The van der Waals surface area contributed by atoms with Gasteiger partial charge in [-0.2, -0.15) is 10.1 Å². The fourth-order valence-electron chi connectivity index (χ4n) is 5.12. The van der Waals surface area contributed by atoms with Crippen LogP contribution in [0.3, 0.4) is 0 Å². The molecule has 2 aromatic carbocycles. The van der Waals surface area contributed by atoms with Crippen molar-refractivity contribution < 1.29 is 19.1 Å². The number of rotatable bonds is 9. The minimum Gasteiger partial charge on any atom is -0.444 e. The number of ether oxygens (including phenoxy) is 1. The van der Waals surface area contributed by atoms with E-state index in [9.17, 15) is 14.4 Å². The van der Waals surface area contributed by atoms with Crippen molar-refractivity contribution in [2.75, 3.05) is 11.4 Å². The molecule has 1 atom stereocenters. The molecule has 10 nitrogen and oxygen atoms in total. The zero-order valence-electron chi connectivity index (χ0n) is 23.9. The van der Waals surface area contributed by atoms with E-state index in [-0.39, 0.29) is 29.4 Å². The molecular formula is C30H36ClIN6O4. The maximum Gasteiger partial charge on any atom is 0.407 e. The van der Waals surface area contributed by atoms with Crippen LogP contribution in [-0.4, -0.2) is 51.3 Å². The van der Waals surface area contributed by atoms with Gasteiger partial charge in [-0.05, 0) is 129 Å². The second-order valence-electron chi connectivity index (χ2n) is 11.6. The van der Waals surface area contributed by atoms with E-state index in [0.717, 1.165) is 22.0 Å². The Bertz CT molecular complexity index is 1380. The van der Waals surface area contributed by atoms with E-state index in [1.54, 1.807) is 29.2 Å². The number of hydrogen-bond donors (Lipinski definition) is 3. The third kappa shape index (κ3) is 8.66. The van der Waals surface area contributed by atoms with Crippen LogP contribution in [0.2, 0.25) is 5.28 Å². The van der Waals surface area contributed by atoms with Gasteiger partial charge in [-0.15, -0.1) is 0 Å². The van der Waals surface area contributed by atoms with Crippen LogP contribution in [0.25, 0.3) is 11.4 Å². The Labute approximate surface area is 264 Å². The molecule has 42 heavy (non-hydrogen) atoms. The molecule has 0 bridgehead atoms. The molecule has 224 valence electrons. The van der Waals surface area contributed by atoms with Crippen molar-refractivity contribution in [3.05, 3.63) is 62.9 Å². The van der Waals surface area contributed by atoms with Crippen LogP contribution in [0.15, 0.2) is 48.5 Å². The number of alkyl carbamates (subject to hydrolysis) is 1. The summed E-state index contributed by atoms with van der Waals surface area (Å²) in [5.41, 5.74) is 7.57. The van der Waals surface area contributed by atoms with Crippen molar-refractivity contribution in [3.63, 3.8) is 0 Å². The Kier molecular flexibility index (Phi) is 10.5. The smallest absolute Gasteiger partial charge is 0.407 e. The van der Waals surface area contributed by atoms with Gasteiger partial charge in [-0.25, -0.2) is 9.89 Å². The molecule has 3 amide bonds. The first kappa shape index (κ1) is 31.7. The number of halogens is 2. The van der Waals surface area contributed by atoms with Crippen LogP contribution >= 0.6 is 34.2 Å². The third-order valence-corrected chi connectivity index (χ3v) is 8.10. The van der Waals surface area contributed by atoms with E-state index in [4.69, 9.17) is 22.1 Å². The van der Waals surface area contributed by atoms with E-state index in [2.05, 4.69) is 43.1 Å². The molecular weight excluding hydrogens is 671 g/mol. The molecule has 1 heterocycles. The summed E-state index contributed by atoms with van der Waals surface area (Å²) in [6.45, 7) is 5.96. The monoisotopic (exact) mass is 706 g/mol. The van der Waals surface area contributed by atoms with Crippen molar-refractivity contribution in [3.8, 4) is 11.4 Å². The van der Waals surface area contributed by atoms with Gasteiger partial charge >= 0.3 is 6.09 Å². The highest BCUT2D eigenvalue weighted by Gasteiger charge is 2.36. The molecule has 0 aliphatic heterocycles. The summed E-state index contributed by atoms with van der Waals surface area (Å²) in [5, 5.41) is 9.72. The summed E-state index contributed by atoms with van der Waals surface area (Å²) in [7, 11) is 0. The van der Waals surface area contributed by atoms with Crippen LogP contribution in [0.5, 0.6) is 0 Å². The summed E-state index contributed by atoms with van der Waals surface area (Å²) in [4.78, 5) is 44.9. The van der Waals surface area contributed by atoms with Crippen LogP contribution < -0.4 is 16.0 Å². The van der Waals surface area contributed by atoms with Gasteiger partial charge in [0.1, 0.15) is 11.6 Å². The van der Waals surface area contributed by atoms with E-state index >= 15 is 0 Å². The van der Waals surface area contributed by atoms with E-state index < -0.39 is 23.6 Å². The summed E-state index contributed by atoms with van der Waals surface area (Å²) < 4.78 is 6.41. The summed E-state index contributed by atoms with van der Waals surface area (Å²) in [6.07, 6.45) is 2.65. The Balaban J connectivity index is 1.52. The fourth-order valence-corrected chi connectivity index (χ4v) is 5.60. The maximum atomic E-state index is 14.2. The highest BCUT2D eigenvalue weighted by Crippen LogP contribution is 2.33. The number of anilines is 1. The normalized spacial score (nSPS) is 17.7. The number of benzene rings is 2. The molecule has 4 N–H and O–H groups in total. The second kappa shape index (κ2) is 13.9. The van der Waals surface area contributed by atoms with E-state index in [1.807, 2.05) is 45.0 Å². The van der Waals surface area contributed by atoms with Crippen molar-refractivity contribution in [2.24, 2.45) is 17.6 Å². The number of aromatic amines is 1. The van der Waals surface area contributed by atoms with Gasteiger partial charge in [0.2, 0.25) is 17.1 Å².